The van der Waals surface area contributed by atoms with Gasteiger partial charge in [-0.05, 0) is 47.9 Å². The predicted octanol–water partition coefficient (Wildman–Crippen LogP) is 5.53. The summed E-state index contributed by atoms with van der Waals surface area (Å²) in [5.74, 6) is 1.05. The third-order valence-corrected chi connectivity index (χ3v) is 4.73. The van der Waals surface area contributed by atoms with Crippen LogP contribution in [0, 0.1) is 5.92 Å². The minimum absolute atomic E-state index is 0.0794. The van der Waals surface area contributed by atoms with Gasteiger partial charge in [0.1, 0.15) is 0 Å². The molecule has 0 fully saturated rings. The van der Waals surface area contributed by atoms with Crippen LogP contribution in [0.15, 0.2) is 48.5 Å². The summed E-state index contributed by atoms with van der Waals surface area (Å²) in [6.07, 6.45) is 0. The average Bonchev–Trinajstić information content (AvgIpc) is 2.59. The van der Waals surface area contributed by atoms with Crippen molar-refractivity contribution in [2.24, 2.45) is 5.92 Å². The molecule has 2 rings (SSSR count). The van der Waals surface area contributed by atoms with Crippen LogP contribution in [0.4, 0.5) is 0 Å². The summed E-state index contributed by atoms with van der Waals surface area (Å²) in [5.41, 5.74) is 4.25. The molecule has 0 aromatic heterocycles. The molecule has 0 unspecified atom stereocenters. The molecule has 2 aromatic rings. The highest BCUT2D eigenvalue weighted by molar-refractivity contribution is 5.87. The van der Waals surface area contributed by atoms with Gasteiger partial charge in [-0.25, -0.2) is 0 Å². The highest BCUT2D eigenvalue weighted by Gasteiger charge is 2.29. The van der Waals surface area contributed by atoms with Gasteiger partial charge < -0.3 is 5.32 Å². The summed E-state index contributed by atoms with van der Waals surface area (Å²) in [5, 5.41) is 3.05. The molecule has 2 nitrogen and oxygen atoms in total. The Bertz CT molecular complexity index is 711. The standard InChI is InChI=1S/C23H31NO/c1-16(2)15-24-22(25)23(5,6)21-12-10-18(11-13-21)20-9-7-8-19(14-20)17(3)4/h7-14,16-17H,15H2,1-6H3,(H,24,25). The second kappa shape index (κ2) is 7.86. The first-order valence-electron chi connectivity index (χ1n) is 9.21. The normalized spacial score (nSPS) is 11.8. The van der Waals surface area contributed by atoms with Crippen LogP contribution in [0.2, 0.25) is 0 Å². The van der Waals surface area contributed by atoms with Crippen LogP contribution < -0.4 is 5.32 Å². The Kier molecular flexibility index (Phi) is 6.05. The molecule has 2 heteroatoms. The van der Waals surface area contributed by atoms with Crippen molar-refractivity contribution in [3.8, 4) is 11.1 Å². The van der Waals surface area contributed by atoms with E-state index >= 15 is 0 Å². The van der Waals surface area contributed by atoms with Crippen LogP contribution in [-0.2, 0) is 10.2 Å². The van der Waals surface area contributed by atoms with Crippen LogP contribution in [0.25, 0.3) is 11.1 Å². The van der Waals surface area contributed by atoms with E-state index in [9.17, 15) is 4.79 Å². The zero-order valence-electron chi connectivity index (χ0n) is 16.4. The van der Waals surface area contributed by atoms with Gasteiger partial charge in [-0.1, -0.05) is 76.2 Å². The van der Waals surface area contributed by atoms with E-state index in [-0.39, 0.29) is 5.91 Å². The quantitative estimate of drug-likeness (QED) is 0.738. The molecule has 0 spiro atoms. The molecule has 0 bridgehead atoms. The fourth-order valence-corrected chi connectivity index (χ4v) is 2.81. The number of amides is 1. The fraction of sp³-hybridized carbons (Fsp3) is 0.435. The maximum Gasteiger partial charge on any atom is 0.230 e. The molecule has 0 atom stereocenters. The zero-order chi connectivity index (χ0) is 18.6. The van der Waals surface area contributed by atoms with Crippen molar-refractivity contribution in [1.29, 1.82) is 0 Å². The van der Waals surface area contributed by atoms with Gasteiger partial charge in [0.2, 0.25) is 5.91 Å². The van der Waals surface area contributed by atoms with Crippen LogP contribution >= 0.6 is 0 Å². The van der Waals surface area contributed by atoms with Gasteiger partial charge in [0.15, 0.2) is 0 Å². The molecule has 0 heterocycles. The molecule has 1 amide bonds. The van der Waals surface area contributed by atoms with Crippen molar-refractivity contribution in [3.63, 3.8) is 0 Å². The summed E-state index contributed by atoms with van der Waals surface area (Å²) < 4.78 is 0. The Balaban J connectivity index is 2.21. The van der Waals surface area contributed by atoms with Gasteiger partial charge in [-0.2, -0.15) is 0 Å². The van der Waals surface area contributed by atoms with E-state index in [1.54, 1.807) is 0 Å². The summed E-state index contributed by atoms with van der Waals surface area (Å²) in [6.45, 7) is 13.3. The molecule has 0 saturated heterocycles. The van der Waals surface area contributed by atoms with Gasteiger partial charge >= 0.3 is 0 Å². The van der Waals surface area contributed by atoms with Crippen LogP contribution in [0.1, 0.15) is 58.6 Å². The van der Waals surface area contributed by atoms with Gasteiger partial charge in [-0.15, -0.1) is 0 Å². The van der Waals surface area contributed by atoms with Crippen molar-refractivity contribution in [1.82, 2.24) is 5.32 Å². The summed E-state index contributed by atoms with van der Waals surface area (Å²) in [7, 11) is 0. The summed E-state index contributed by atoms with van der Waals surface area (Å²) in [4.78, 5) is 12.5. The van der Waals surface area contributed by atoms with Crippen molar-refractivity contribution in [2.75, 3.05) is 6.54 Å². The smallest absolute Gasteiger partial charge is 0.230 e. The van der Waals surface area contributed by atoms with E-state index in [0.717, 1.165) is 5.56 Å². The van der Waals surface area contributed by atoms with E-state index in [1.807, 2.05) is 13.8 Å². The highest BCUT2D eigenvalue weighted by atomic mass is 16.2. The van der Waals surface area contributed by atoms with Crippen molar-refractivity contribution in [3.05, 3.63) is 59.7 Å². The first-order chi connectivity index (χ1) is 11.7. The molecule has 25 heavy (non-hydrogen) atoms. The maximum absolute atomic E-state index is 12.5. The monoisotopic (exact) mass is 337 g/mol. The molecule has 134 valence electrons. The lowest BCUT2D eigenvalue weighted by Gasteiger charge is -2.25. The largest absolute Gasteiger partial charge is 0.355 e. The summed E-state index contributed by atoms with van der Waals surface area (Å²) >= 11 is 0. The Labute approximate surface area is 152 Å². The number of hydrogen-bond donors (Lipinski definition) is 1. The Morgan fingerprint density at radius 1 is 0.960 bits per heavy atom. The molecular weight excluding hydrogens is 306 g/mol. The lowest BCUT2D eigenvalue weighted by molar-refractivity contribution is -0.125. The number of nitrogens with one attached hydrogen (secondary N) is 1. The zero-order valence-corrected chi connectivity index (χ0v) is 16.4. The Hall–Kier alpha value is -2.09. The van der Waals surface area contributed by atoms with Gasteiger partial charge in [-0.3, -0.25) is 4.79 Å². The predicted molar refractivity (Wildman–Crippen MR) is 107 cm³/mol. The van der Waals surface area contributed by atoms with Crippen molar-refractivity contribution < 1.29 is 4.79 Å². The molecule has 0 aliphatic rings. The number of carbonyl (C=O) groups excluding carboxylic acids is 1. The van der Waals surface area contributed by atoms with E-state index in [4.69, 9.17) is 0 Å². The van der Waals surface area contributed by atoms with E-state index in [0.29, 0.717) is 18.4 Å². The highest BCUT2D eigenvalue weighted by Crippen LogP contribution is 2.28. The maximum atomic E-state index is 12.5. The van der Waals surface area contributed by atoms with Crippen LogP contribution in [0.3, 0.4) is 0 Å². The molecule has 0 aliphatic heterocycles. The lowest BCUT2D eigenvalue weighted by Crippen LogP contribution is -2.41. The van der Waals surface area contributed by atoms with E-state index in [2.05, 4.69) is 81.5 Å². The topological polar surface area (TPSA) is 29.1 Å². The minimum atomic E-state index is -0.535. The minimum Gasteiger partial charge on any atom is -0.355 e. The van der Waals surface area contributed by atoms with Gasteiger partial charge in [0.05, 0.1) is 5.41 Å². The number of hydrogen-bond acceptors (Lipinski definition) is 1. The second-order valence-corrected chi connectivity index (χ2v) is 8.09. The Morgan fingerprint density at radius 3 is 2.16 bits per heavy atom. The van der Waals surface area contributed by atoms with Crippen molar-refractivity contribution >= 4 is 5.91 Å². The lowest BCUT2D eigenvalue weighted by atomic mass is 9.83. The molecule has 0 radical (unpaired) electrons. The first kappa shape index (κ1) is 19.2. The molecule has 1 N–H and O–H groups in total. The number of carbonyl (C=O) groups is 1. The summed E-state index contributed by atoms with van der Waals surface area (Å²) in [6, 6.07) is 17.1. The second-order valence-electron chi connectivity index (χ2n) is 8.09. The SMILES string of the molecule is CC(C)CNC(=O)C(C)(C)c1ccc(-c2cccc(C(C)C)c2)cc1. The fourth-order valence-electron chi connectivity index (χ4n) is 2.81. The van der Waals surface area contributed by atoms with Gasteiger partial charge in [0.25, 0.3) is 0 Å². The third-order valence-electron chi connectivity index (χ3n) is 4.73. The van der Waals surface area contributed by atoms with Crippen molar-refractivity contribution in [2.45, 2.75) is 52.9 Å². The first-order valence-corrected chi connectivity index (χ1v) is 9.21. The third kappa shape index (κ3) is 4.72. The Morgan fingerprint density at radius 2 is 1.60 bits per heavy atom. The molecule has 2 aromatic carbocycles. The van der Waals surface area contributed by atoms with Crippen LogP contribution in [-0.4, -0.2) is 12.5 Å². The molecule has 0 aliphatic carbocycles. The number of rotatable bonds is 6. The van der Waals surface area contributed by atoms with Gasteiger partial charge in [0, 0.05) is 6.54 Å². The van der Waals surface area contributed by atoms with E-state index in [1.165, 1.54) is 16.7 Å². The molecular formula is C23H31NO. The number of benzene rings is 2. The van der Waals surface area contributed by atoms with E-state index < -0.39 is 5.41 Å². The average molecular weight is 338 g/mol. The van der Waals surface area contributed by atoms with Crippen LogP contribution in [0.5, 0.6) is 0 Å². The molecule has 0 saturated carbocycles.